The van der Waals surface area contributed by atoms with Gasteiger partial charge in [0.05, 0.1) is 11.4 Å². The van der Waals surface area contributed by atoms with E-state index in [2.05, 4.69) is 0 Å². The molecule has 0 aliphatic carbocycles. The number of benzene rings is 1. The van der Waals surface area contributed by atoms with E-state index in [1.807, 2.05) is 79.5 Å². The molecule has 0 saturated heterocycles. The third-order valence-electron chi connectivity index (χ3n) is 4.32. The normalized spacial score (nSPS) is 17.3. The van der Waals surface area contributed by atoms with E-state index in [0.717, 1.165) is 40.9 Å². The molecular weight excluding hydrogens is 348 g/mol. The van der Waals surface area contributed by atoms with Crippen molar-refractivity contribution in [3.63, 3.8) is 0 Å². The summed E-state index contributed by atoms with van der Waals surface area (Å²) in [4.78, 5) is 0. The van der Waals surface area contributed by atoms with Crippen LogP contribution in [-0.4, -0.2) is 5.71 Å². The van der Waals surface area contributed by atoms with Gasteiger partial charge in [0.2, 0.25) is 0 Å². The van der Waals surface area contributed by atoms with Gasteiger partial charge in [0.25, 0.3) is 0 Å². The lowest BCUT2D eigenvalue weighted by Crippen LogP contribution is -2.17. The van der Waals surface area contributed by atoms with Crippen LogP contribution in [0.1, 0.15) is 35.5 Å². The molecule has 4 nitrogen and oxygen atoms in total. The molecule has 26 heavy (non-hydrogen) atoms. The van der Waals surface area contributed by atoms with Crippen molar-refractivity contribution in [2.75, 3.05) is 5.01 Å². The predicted molar refractivity (Wildman–Crippen MR) is 105 cm³/mol. The first-order valence-electron chi connectivity index (χ1n) is 8.51. The Balaban J connectivity index is 1.64. The summed E-state index contributed by atoms with van der Waals surface area (Å²) >= 11 is 6.03. The fourth-order valence-corrected chi connectivity index (χ4v) is 3.17. The van der Waals surface area contributed by atoms with E-state index in [4.69, 9.17) is 25.5 Å². The highest BCUT2D eigenvalue weighted by Crippen LogP contribution is 2.36. The molecule has 1 aromatic carbocycles. The molecular formula is C21H19ClN2O2. The summed E-state index contributed by atoms with van der Waals surface area (Å²) in [6, 6.07) is 15.6. The molecule has 1 aliphatic rings. The van der Waals surface area contributed by atoms with Crippen molar-refractivity contribution in [2.24, 2.45) is 5.10 Å². The summed E-state index contributed by atoms with van der Waals surface area (Å²) in [7, 11) is 0. The van der Waals surface area contributed by atoms with Crippen molar-refractivity contribution in [2.45, 2.75) is 26.3 Å². The quantitative estimate of drug-likeness (QED) is 0.555. The Morgan fingerprint density at radius 2 is 1.69 bits per heavy atom. The lowest BCUT2D eigenvalue weighted by atomic mass is 10.1. The summed E-state index contributed by atoms with van der Waals surface area (Å²) in [6.07, 6.45) is 4.70. The van der Waals surface area contributed by atoms with Crippen molar-refractivity contribution in [3.05, 3.63) is 82.7 Å². The second-order valence-electron chi connectivity index (χ2n) is 6.36. The Morgan fingerprint density at radius 3 is 2.35 bits per heavy atom. The Bertz CT molecular complexity index is 966. The molecule has 0 fully saturated rings. The first-order valence-corrected chi connectivity index (χ1v) is 8.89. The number of hydrogen-bond acceptors (Lipinski definition) is 4. The van der Waals surface area contributed by atoms with Gasteiger partial charge in [-0.1, -0.05) is 11.6 Å². The van der Waals surface area contributed by atoms with Gasteiger partial charge in [-0.3, -0.25) is 5.01 Å². The van der Waals surface area contributed by atoms with Gasteiger partial charge in [0, 0.05) is 11.4 Å². The number of allylic oxidation sites excluding steroid dienone is 1. The molecule has 3 aromatic rings. The molecule has 132 valence electrons. The smallest absolute Gasteiger partial charge is 0.129 e. The molecule has 0 spiro atoms. The highest BCUT2D eigenvalue weighted by atomic mass is 35.5. The minimum atomic E-state index is 0.0165. The van der Waals surface area contributed by atoms with Crippen LogP contribution >= 0.6 is 11.6 Å². The largest absolute Gasteiger partial charge is 0.464 e. The Hall–Kier alpha value is -2.72. The van der Waals surface area contributed by atoms with E-state index in [0.29, 0.717) is 5.02 Å². The van der Waals surface area contributed by atoms with Crippen LogP contribution in [0.5, 0.6) is 0 Å². The molecule has 1 atom stereocenters. The standard InChI is InChI=1S/C21H19ClN2O2/c1-14-3-10-19(25-14)11-7-17-13-20(21-12-4-15(2)26-21)24(23-17)18-8-5-16(22)6-9-18/h3-12,20H,13H2,1-2H3/b11-7+. The second-order valence-corrected chi connectivity index (χ2v) is 6.80. The van der Waals surface area contributed by atoms with Gasteiger partial charge in [-0.2, -0.15) is 5.10 Å². The zero-order valence-corrected chi connectivity index (χ0v) is 15.4. The van der Waals surface area contributed by atoms with Gasteiger partial charge in [0.15, 0.2) is 0 Å². The average molecular weight is 367 g/mol. The SMILES string of the molecule is Cc1ccc(/C=C/C2=NN(c3ccc(Cl)cc3)C(c3ccc(C)o3)C2)o1. The molecule has 0 radical (unpaired) electrons. The minimum absolute atomic E-state index is 0.0165. The van der Waals surface area contributed by atoms with E-state index in [1.165, 1.54) is 0 Å². The average Bonchev–Trinajstić information content (AvgIpc) is 3.33. The minimum Gasteiger partial charge on any atom is -0.464 e. The third-order valence-corrected chi connectivity index (χ3v) is 4.57. The molecule has 3 heterocycles. The fourth-order valence-electron chi connectivity index (χ4n) is 3.04. The van der Waals surface area contributed by atoms with Crippen LogP contribution in [0.3, 0.4) is 0 Å². The third kappa shape index (κ3) is 3.46. The van der Waals surface area contributed by atoms with Crippen molar-refractivity contribution in [1.29, 1.82) is 0 Å². The van der Waals surface area contributed by atoms with Gasteiger partial charge in [-0.25, -0.2) is 0 Å². The maximum atomic E-state index is 6.03. The van der Waals surface area contributed by atoms with Crippen molar-refractivity contribution >= 4 is 29.1 Å². The second kappa shape index (κ2) is 6.89. The van der Waals surface area contributed by atoms with Crippen LogP contribution in [0, 0.1) is 13.8 Å². The van der Waals surface area contributed by atoms with Crippen molar-refractivity contribution in [1.82, 2.24) is 0 Å². The zero-order valence-electron chi connectivity index (χ0n) is 14.6. The van der Waals surface area contributed by atoms with E-state index < -0.39 is 0 Å². The molecule has 0 amide bonds. The van der Waals surface area contributed by atoms with Crippen LogP contribution in [0.15, 0.2) is 68.5 Å². The molecule has 1 unspecified atom stereocenters. The van der Waals surface area contributed by atoms with E-state index in [9.17, 15) is 0 Å². The van der Waals surface area contributed by atoms with Gasteiger partial charge in [-0.05, 0) is 74.5 Å². The van der Waals surface area contributed by atoms with E-state index in [-0.39, 0.29) is 6.04 Å². The first kappa shape index (κ1) is 16.7. The molecule has 1 aliphatic heterocycles. The van der Waals surface area contributed by atoms with Gasteiger partial charge in [-0.15, -0.1) is 0 Å². The summed E-state index contributed by atoms with van der Waals surface area (Å²) in [5.41, 5.74) is 1.94. The Morgan fingerprint density at radius 1 is 0.962 bits per heavy atom. The molecule has 5 heteroatoms. The van der Waals surface area contributed by atoms with Crippen LogP contribution in [0.4, 0.5) is 5.69 Å². The predicted octanol–water partition coefficient (Wildman–Crippen LogP) is 6.16. The van der Waals surface area contributed by atoms with Gasteiger partial charge >= 0.3 is 0 Å². The van der Waals surface area contributed by atoms with Crippen LogP contribution in [0.2, 0.25) is 5.02 Å². The number of rotatable bonds is 4. The lowest BCUT2D eigenvalue weighted by Gasteiger charge is -2.21. The number of nitrogens with zero attached hydrogens (tertiary/aromatic N) is 2. The number of furan rings is 2. The van der Waals surface area contributed by atoms with Gasteiger partial charge < -0.3 is 8.83 Å². The van der Waals surface area contributed by atoms with Crippen LogP contribution < -0.4 is 5.01 Å². The molecule has 2 aromatic heterocycles. The Kier molecular flexibility index (Phi) is 4.43. The zero-order chi connectivity index (χ0) is 18.1. The lowest BCUT2D eigenvalue weighted by molar-refractivity contribution is 0.445. The Labute approximate surface area is 157 Å². The van der Waals surface area contributed by atoms with Crippen molar-refractivity contribution < 1.29 is 8.83 Å². The van der Waals surface area contributed by atoms with Gasteiger partial charge in [0.1, 0.15) is 29.1 Å². The van der Waals surface area contributed by atoms with Crippen LogP contribution in [0.25, 0.3) is 6.08 Å². The number of hydrogen-bond donors (Lipinski definition) is 0. The summed E-state index contributed by atoms with van der Waals surface area (Å²) < 4.78 is 11.5. The number of anilines is 1. The summed E-state index contributed by atoms with van der Waals surface area (Å²) in [5.74, 6) is 3.51. The molecule has 0 bridgehead atoms. The number of aryl methyl sites for hydroxylation is 2. The highest BCUT2D eigenvalue weighted by Gasteiger charge is 2.30. The maximum Gasteiger partial charge on any atom is 0.129 e. The van der Waals surface area contributed by atoms with E-state index >= 15 is 0 Å². The highest BCUT2D eigenvalue weighted by molar-refractivity contribution is 6.30. The summed E-state index contributed by atoms with van der Waals surface area (Å²) in [5, 5.41) is 7.49. The number of hydrazone groups is 1. The summed E-state index contributed by atoms with van der Waals surface area (Å²) in [6.45, 7) is 3.88. The molecule has 0 saturated carbocycles. The number of halogens is 1. The molecule has 4 rings (SSSR count). The maximum absolute atomic E-state index is 6.03. The monoisotopic (exact) mass is 366 g/mol. The van der Waals surface area contributed by atoms with Crippen LogP contribution in [-0.2, 0) is 0 Å². The first-order chi connectivity index (χ1) is 12.6. The van der Waals surface area contributed by atoms with E-state index in [1.54, 1.807) is 0 Å². The topological polar surface area (TPSA) is 41.9 Å². The van der Waals surface area contributed by atoms with Crippen molar-refractivity contribution in [3.8, 4) is 0 Å². The fraction of sp³-hybridized carbons (Fsp3) is 0.190. The molecule has 0 N–H and O–H groups in total.